The number of hydrogen-bond donors (Lipinski definition) is 0. The van der Waals surface area contributed by atoms with Gasteiger partial charge in [0, 0.05) is 37.5 Å². The fraction of sp³-hybridized carbons (Fsp3) is 0.650. The number of alkyl halides is 3. The topological polar surface area (TPSA) is 23.6 Å². The third kappa shape index (κ3) is 3.75. The van der Waals surface area contributed by atoms with Gasteiger partial charge < -0.3 is 4.90 Å². The fourth-order valence-corrected chi connectivity index (χ4v) is 4.60. The monoisotopic (exact) mass is 366 g/mol. The van der Waals surface area contributed by atoms with Gasteiger partial charge in [-0.2, -0.15) is 13.2 Å². The molecule has 142 valence electrons. The van der Waals surface area contributed by atoms with Crippen molar-refractivity contribution >= 4 is 5.91 Å². The van der Waals surface area contributed by atoms with Gasteiger partial charge in [0.2, 0.25) is 5.91 Å². The molecule has 1 atom stereocenters. The Balaban J connectivity index is 1.41. The lowest BCUT2D eigenvalue weighted by molar-refractivity contribution is -0.140. The van der Waals surface area contributed by atoms with Crippen molar-refractivity contribution in [1.29, 1.82) is 0 Å². The van der Waals surface area contributed by atoms with Gasteiger partial charge in [-0.1, -0.05) is 12.1 Å². The quantitative estimate of drug-likeness (QED) is 0.805. The minimum Gasteiger partial charge on any atom is -0.339 e. The Morgan fingerprint density at radius 3 is 2.46 bits per heavy atom. The Bertz CT molecular complexity index is 669. The average molecular weight is 366 g/mol. The summed E-state index contributed by atoms with van der Waals surface area (Å²) in [4.78, 5) is 16.7. The van der Waals surface area contributed by atoms with E-state index in [4.69, 9.17) is 0 Å². The van der Waals surface area contributed by atoms with E-state index in [0.29, 0.717) is 24.9 Å². The summed E-state index contributed by atoms with van der Waals surface area (Å²) in [6.07, 6.45) is 1.81. The fourth-order valence-electron chi connectivity index (χ4n) is 4.60. The van der Waals surface area contributed by atoms with E-state index in [9.17, 15) is 18.0 Å². The van der Waals surface area contributed by atoms with Gasteiger partial charge in [0.15, 0.2) is 0 Å². The Labute approximate surface area is 152 Å². The number of nitrogens with zero attached hydrogens (tertiary/aromatic N) is 2. The summed E-state index contributed by atoms with van der Waals surface area (Å²) in [5.74, 6) is 0.304. The molecule has 1 aromatic carbocycles. The maximum atomic E-state index is 12.7. The van der Waals surface area contributed by atoms with E-state index < -0.39 is 11.7 Å². The smallest absolute Gasteiger partial charge is 0.339 e. The summed E-state index contributed by atoms with van der Waals surface area (Å²) in [5, 5.41) is 0. The third-order valence-corrected chi connectivity index (χ3v) is 6.11. The molecule has 1 saturated carbocycles. The van der Waals surface area contributed by atoms with Gasteiger partial charge in [0.05, 0.1) is 5.56 Å². The number of carbonyl (C=O) groups is 1. The van der Waals surface area contributed by atoms with Crippen LogP contribution >= 0.6 is 0 Å². The van der Waals surface area contributed by atoms with Crippen LogP contribution in [0.2, 0.25) is 0 Å². The van der Waals surface area contributed by atoms with E-state index in [2.05, 4.69) is 9.80 Å². The minimum atomic E-state index is -4.28. The lowest BCUT2D eigenvalue weighted by atomic mass is 9.73. The normalized spacial score (nSPS) is 28.0. The predicted octanol–water partition coefficient (Wildman–Crippen LogP) is 4.07. The van der Waals surface area contributed by atoms with Crippen LogP contribution in [0.15, 0.2) is 24.3 Å². The van der Waals surface area contributed by atoms with Gasteiger partial charge in [-0.25, -0.2) is 0 Å². The zero-order valence-corrected chi connectivity index (χ0v) is 14.9. The van der Waals surface area contributed by atoms with Gasteiger partial charge in [0.25, 0.3) is 0 Å². The molecule has 0 N–H and O–H groups in total. The molecular weight excluding hydrogens is 341 g/mol. The van der Waals surface area contributed by atoms with E-state index in [1.165, 1.54) is 12.1 Å². The molecule has 1 spiro atoms. The maximum Gasteiger partial charge on any atom is 0.416 e. The van der Waals surface area contributed by atoms with Crippen molar-refractivity contribution in [2.45, 2.75) is 57.3 Å². The van der Waals surface area contributed by atoms with E-state index in [0.717, 1.165) is 57.3 Å². The molecule has 0 radical (unpaired) electrons. The van der Waals surface area contributed by atoms with Crippen LogP contribution in [0.1, 0.15) is 49.7 Å². The summed E-state index contributed by atoms with van der Waals surface area (Å²) in [6.45, 7) is 3.45. The highest BCUT2D eigenvalue weighted by Crippen LogP contribution is 2.42. The number of piperidine rings is 2. The zero-order valence-electron chi connectivity index (χ0n) is 14.9. The number of likely N-dealkylation sites (tertiary alicyclic amines) is 2. The molecule has 1 amide bonds. The Morgan fingerprint density at radius 1 is 1.08 bits per heavy atom. The van der Waals surface area contributed by atoms with Gasteiger partial charge in [-0.3, -0.25) is 9.69 Å². The van der Waals surface area contributed by atoms with Crippen LogP contribution in [0, 0.1) is 5.41 Å². The highest BCUT2D eigenvalue weighted by molar-refractivity contribution is 5.78. The number of halogens is 3. The Kier molecular flexibility index (Phi) is 4.49. The van der Waals surface area contributed by atoms with E-state index in [1.807, 2.05) is 0 Å². The number of rotatable bonds is 3. The van der Waals surface area contributed by atoms with Gasteiger partial charge >= 0.3 is 6.18 Å². The highest BCUT2D eigenvalue weighted by Gasteiger charge is 2.45. The lowest BCUT2D eigenvalue weighted by Gasteiger charge is -2.48. The number of amides is 1. The SMILES string of the molecule is O=C1CC[C@]2(CCCN(Cc3ccc(C(F)(F)F)cc3)C2)CN1C1CC1. The van der Waals surface area contributed by atoms with E-state index >= 15 is 0 Å². The Hall–Kier alpha value is -1.56. The average Bonchev–Trinajstić information content (AvgIpc) is 3.42. The van der Waals surface area contributed by atoms with Crippen molar-refractivity contribution < 1.29 is 18.0 Å². The molecule has 2 aliphatic heterocycles. The van der Waals surface area contributed by atoms with Crippen LogP contribution in [-0.4, -0.2) is 41.4 Å². The molecule has 2 saturated heterocycles. The van der Waals surface area contributed by atoms with Crippen LogP contribution in [0.3, 0.4) is 0 Å². The first-order valence-electron chi connectivity index (χ1n) is 9.53. The van der Waals surface area contributed by atoms with Crippen molar-refractivity contribution in [3.05, 3.63) is 35.4 Å². The summed E-state index contributed by atoms with van der Waals surface area (Å²) >= 11 is 0. The van der Waals surface area contributed by atoms with E-state index in [1.54, 1.807) is 12.1 Å². The van der Waals surface area contributed by atoms with E-state index in [-0.39, 0.29) is 5.41 Å². The maximum absolute atomic E-state index is 12.7. The first kappa shape index (κ1) is 17.8. The minimum absolute atomic E-state index is 0.167. The zero-order chi connectivity index (χ0) is 18.4. The first-order valence-corrected chi connectivity index (χ1v) is 9.53. The summed E-state index contributed by atoms with van der Waals surface area (Å²) < 4.78 is 38.1. The number of benzene rings is 1. The molecular formula is C20H25F3N2O. The van der Waals surface area contributed by atoms with Gasteiger partial charge in [-0.15, -0.1) is 0 Å². The number of carbonyl (C=O) groups excluding carboxylic acids is 1. The first-order chi connectivity index (χ1) is 12.3. The molecule has 0 aromatic heterocycles. The molecule has 3 fully saturated rings. The molecule has 4 rings (SSSR count). The van der Waals surface area contributed by atoms with Crippen LogP contribution in [-0.2, 0) is 17.5 Å². The molecule has 3 nitrogen and oxygen atoms in total. The van der Waals surface area contributed by atoms with Crippen LogP contribution in [0.25, 0.3) is 0 Å². The van der Waals surface area contributed by atoms with Crippen molar-refractivity contribution in [3.8, 4) is 0 Å². The van der Waals surface area contributed by atoms with Crippen molar-refractivity contribution in [2.24, 2.45) is 5.41 Å². The lowest BCUT2D eigenvalue weighted by Crippen LogP contribution is -2.54. The second kappa shape index (κ2) is 6.55. The molecule has 26 heavy (non-hydrogen) atoms. The predicted molar refractivity (Wildman–Crippen MR) is 92.4 cm³/mol. The highest BCUT2D eigenvalue weighted by atomic mass is 19.4. The summed E-state index contributed by atoms with van der Waals surface area (Å²) in [7, 11) is 0. The summed E-state index contributed by atoms with van der Waals surface area (Å²) in [5.41, 5.74) is 0.490. The van der Waals surface area contributed by atoms with Gasteiger partial charge in [0.1, 0.15) is 0 Å². The summed E-state index contributed by atoms with van der Waals surface area (Å²) in [6, 6.07) is 5.98. The van der Waals surface area contributed by atoms with Crippen LogP contribution in [0.4, 0.5) is 13.2 Å². The largest absolute Gasteiger partial charge is 0.416 e. The molecule has 1 aliphatic carbocycles. The van der Waals surface area contributed by atoms with Crippen LogP contribution < -0.4 is 0 Å². The second-order valence-electron chi connectivity index (χ2n) is 8.26. The third-order valence-electron chi connectivity index (χ3n) is 6.11. The Morgan fingerprint density at radius 2 is 1.81 bits per heavy atom. The van der Waals surface area contributed by atoms with Crippen molar-refractivity contribution in [3.63, 3.8) is 0 Å². The molecule has 0 unspecified atom stereocenters. The molecule has 6 heteroatoms. The second-order valence-corrected chi connectivity index (χ2v) is 8.26. The van der Waals surface area contributed by atoms with Crippen LogP contribution in [0.5, 0.6) is 0 Å². The van der Waals surface area contributed by atoms with Gasteiger partial charge in [-0.05, 0) is 56.3 Å². The molecule has 1 aromatic rings. The molecule has 3 aliphatic rings. The number of hydrogen-bond acceptors (Lipinski definition) is 2. The molecule has 2 heterocycles. The molecule has 0 bridgehead atoms. The van der Waals surface area contributed by atoms with Crippen molar-refractivity contribution in [2.75, 3.05) is 19.6 Å². The van der Waals surface area contributed by atoms with Crippen molar-refractivity contribution in [1.82, 2.24) is 9.80 Å². The standard InChI is InChI=1S/C20H25F3N2O/c21-20(22,23)16-4-2-15(3-5-16)12-24-11-1-9-19(13-24)10-8-18(26)25(14-19)17-6-7-17/h2-5,17H,1,6-14H2/t19-/m0/s1.